The van der Waals surface area contributed by atoms with Crippen molar-refractivity contribution in [3.63, 3.8) is 0 Å². The summed E-state index contributed by atoms with van der Waals surface area (Å²) in [6.45, 7) is 3.67. The van der Waals surface area contributed by atoms with Crippen molar-refractivity contribution in [2.45, 2.75) is 45.1 Å². The summed E-state index contributed by atoms with van der Waals surface area (Å²) in [5.41, 5.74) is 0.883. The number of amides is 4. The minimum absolute atomic E-state index is 0.0390. The first-order chi connectivity index (χ1) is 12.5. The number of halogens is 1. The van der Waals surface area contributed by atoms with E-state index in [0.29, 0.717) is 36.7 Å². The molecule has 140 valence electrons. The molecule has 0 bridgehead atoms. The quantitative estimate of drug-likeness (QED) is 0.584. The van der Waals surface area contributed by atoms with Gasteiger partial charge in [0.15, 0.2) is 0 Å². The second-order valence-electron chi connectivity index (χ2n) is 6.79. The normalized spacial score (nSPS) is 19.7. The molecule has 1 aromatic rings. The minimum Gasteiger partial charge on any atom is -0.338 e. The molecule has 1 aromatic carbocycles. The van der Waals surface area contributed by atoms with Gasteiger partial charge in [0.2, 0.25) is 0 Å². The van der Waals surface area contributed by atoms with Gasteiger partial charge in [0.1, 0.15) is 0 Å². The van der Waals surface area contributed by atoms with Gasteiger partial charge in [-0.2, -0.15) is 0 Å². The zero-order valence-corrected chi connectivity index (χ0v) is 16.5. The van der Waals surface area contributed by atoms with Gasteiger partial charge in [-0.05, 0) is 50.3 Å². The van der Waals surface area contributed by atoms with Crippen molar-refractivity contribution < 1.29 is 14.4 Å². The molecule has 1 saturated heterocycles. The highest BCUT2D eigenvalue weighted by atomic mass is 79.9. The van der Waals surface area contributed by atoms with Crippen molar-refractivity contribution in [2.75, 3.05) is 19.6 Å². The summed E-state index contributed by atoms with van der Waals surface area (Å²) in [5, 5.41) is 2.93. The number of benzene rings is 1. The van der Waals surface area contributed by atoms with Crippen LogP contribution in [-0.2, 0) is 0 Å². The number of carbonyl (C=O) groups excluding carboxylic acids is 3. The Bertz CT molecular complexity index is 722. The zero-order valence-electron chi connectivity index (χ0n) is 15.0. The number of rotatable bonds is 5. The second kappa shape index (κ2) is 8.20. The number of likely N-dealkylation sites (tertiary alicyclic amines) is 1. The fourth-order valence-corrected chi connectivity index (χ4v) is 4.05. The van der Waals surface area contributed by atoms with Crippen LogP contribution in [-0.4, -0.2) is 53.3 Å². The second-order valence-corrected chi connectivity index (χ2v) is 7.70. The number of carbonyl (C=O) groups is 3. The van der Waals surface area contributed by atoms with E-state index < -0.39 is 0 Å². The van der Waals surface area contributed by atoms with Gasteiger partial charge in [-0.3, -0.25) is 14.5 Å². The van der Waals surface area contributed by atoms with Gasteiger partial charge in [0.25, 0.3) is 11.8 Å². The summed E-state index contributed by atoms with van der Waals surface area (Å²) < 4.78 is 0.776. The Morgan fingerprint density at radius 1 is 1.23 bits per heavy atom. The molecule has 2 heterocycles. The number of piperidine rings is 1. The van der Waals surface area contributed by atoms with Crippen LogP contribution < -0.4 is 5.32 Å². The molecule has 0 aromatic heterocycles. The van der Waals surface area contributed by atoms with E-state index in [2.05, 4.69) is 28.2 Å². The Labute approximate surface area is 162 Å². The lowest BCUT2D eigenvalue weighted by atomic mass is 10.0. The van der Waals surface area contributed by atoms with Crippen molar-refractivity contribution in [2.24, 2.45) is 0 Å². The van der Waals surface area contributed by atoms with Gasteiger partial charge in [-0.15, -0.1) is 0 Å². The summed E-state index contributed by atoms with van der Waals surface area (Å²) in [5.74, 6) is -0.523. The van der Waals surface area contributed by atoms with Gasteiger partial charge in [0.05, 0.1) is 11.1 Å². The Morgan fingerprint density at radius 2 is 2.00 bits per heavy atom. The smallest absolute Gasteiger partial charge is 0.317 e. The molecule has 26 heavy (non-hydrogen) atoms. The third kappa shape index (κ3) is 3.77. The standard InChI is InChI=1S/C19H24BrN3O3/c1-2-14-6-3-4-10-22(14)19(26)21-9-5-11-23-17(24)15-8-7-13(20)12-16(15)18(23)25/h7-8,12,14H,2-6,9-11H2,1H3,(H,21,26). The van der Waals surface area contributed by atoms with E-state index in [1.165, 1.54) is 11.3 Å². The van der Waals surface area contributed by atoms with Gasteiger partial charge < -0.3 is 10.2 Å². The van der Waals surface area contributed by atoms with Gasteiger partial charge in [-0.25, -0.2) is 4.79 Å². The predicted octanol–water partition coefficient (Wildman–Crippen LogP) is 3.41. The van der Waals surface area contributed by atoms with Crippen LogP contribution in [0.5, 0.6) is 0 Å². The summed E-state index contributed by atoms with van der Waals surface area (Å²) >= 11 is 3.33. The number of fused-ring (bicyclic) bond motifs is 1. The highest BCUT2D eigenvalue weighted by molar-refractivity contribution is 9.10. The first-order valence-electron chi connectivity index (χ1n) is 9.23. The predicted molar refractivity (Wildman–Crippen MR) is 102 cm³/mol. The fraction of sp³-hybridized carbons (Fsp3) is 0.526. The highest BCUT2D eigenvalue weighted by Crippen LogP contribution is 2.26. The maximum Gasteiger partial charge on any atom is 0.317 e. The van der Waals surface area contributed by atoms with E-state index in [9.17, 15) is 14.4 Å². The van der Waals surface area contributed by atoms with Gasteiger partial charge >= 0.3 is 6.03 Å². The summed E-state index contributed by atoms with van der Waals surface area (Å²) in [6, 6.07) is 5.39. The third-order valence-corrected chi connectivity index (χ3v) is 5.62. The lowest BCUT2D eigenvalue weighted by molar-refractivity contribution is 0.0653. The molecule has 6 nitrogen and oxygen atoms in total. The molecule has 0 spiro atoms. The van der Waals surface area contributed by atoms with Crippen LogP contribution in [0.1, 0.15) is 59.7 Å². The molecule has 1 atom stereocenters. The number of imide groups is 1. The SMILES string of the molecule is CCC1CCCCN1C(=O)NCCCN1C(=O)c2ccc(Br)cc2C1=O. The number of hydrogen-bond donors (Lipinski definition) is 1. The third-order valence-electron chi connectivity index (χ3n) is 5.13. The van der Waals surface area contributed by atoms with Crippen molar-refractivity contribution in [3.05, 3.63) is 33.8 Å². The average Bonchev–Trinajstić information content (AvgIpc) is 2.88. The molecule has 4 amide bonds. The maximum atomic E-state index is 12.4. The van der Waals surface area contributed by atoms with Crippen LogP contribution in [0.3, 0.4) is 0 Å². The fourth-order valence-electron chi connectivity index (χ4n) is 3.69. The molecule has 0 radical (unpaired) electrons. The van der Waals surface area contributed by atoms with Crippen molar-refractivity contribution in [1.82, 2.24) is 15.1 Å². The van der Waals surface area contributed by atoms with E-state index >= 15 is 0 Å². The topological polar surface area (TPSA) is 69.7 Å². The van der Waals surface area contributed by atoms with Crippen LogP contribution in [0.25, 0.3) is 0 Å². The lowest BCUT2D eigenvalue weighted by Crippen LogP contribution is -2.48. The van der Waals surface area contributed by atoms with E-state index in [1.807, 2.05) is 4.90 Å². The molecular formula is C19H24BrN3O3. The maximum absolute atomic E-state index is 12.4. The van der Waals surface area contributed by atoms with Crippen molar-refractivity contribution in [3.8, 4) is 0 Å². The van der Waals surface area contributed by atoms with E-state index in [1.54, 1.807) is 18.2 Å². The molecule has 3 rings (SSSR count). The number of nitrogens with one attached hydrogen (secondary N) is 1. The van der Waals surface area contributed by atoms with E-state index in [4.69, 9.17) is 0 Å². The molecule has 7 heteroatoms. The number of nitrogens with zero attached hydrogens (tertiary/aromatic N) is 2. The van der Waals surface area contributed by atoms with Crippen LogP contribution in [0.4, 0.5) is 4.79 Å². The average molecular weight is 422 g/mol. The van der Waals surface area contributed by atoms with E-state index in [-0.39, 0.29) is 17.8 Å². The van der Waals surface area contributed by atoms with Crippen LogP contribution in [0.15, 0.2) is 22.7 Å². The summed E-state index contributed by atoms with van der Waals surface area (Å²) in [7, 11) is 0. The molecule has 2 aliphatic heterocycles. The van der Waals surface area contributed by atoms with E-state index in [0.717, 1.165) is 30.3 Å². The molecular weight excluding hydrogens is 398 g/mol. The van der Waals surface area contributed by atoms with Crippen molar-refractivity contribution >= 4 is 33.8 Å². The Balaban J connectivity index is 1.49. The lowest BCUT2D eigenvalue weighted by Gasteiger charge is -2.35. The van der Waals surface area contributed by atoms with Gasteiger partial charge in [0, 0.05) is 30.1 Å². The molecule has 2 aliphatic rings. The minimum atomic E-state index is -0.264. The molecule has 0 aliphatic carbocycles. The first-order valence-corrected chi connectivity index (χ1v) is 10.0. The number of urea groups is 1. The first kappa shape index (κ1) is 18.9. The molecule has 0 saturated carbocycles. The Kier molecular flexibility index (Phi) is 5.96. The summed E-state index contributed by atoms with van der Waals surface area (Å²) in [4.78, 5) is 40.3. The van der Waals surface area contributed by atoms with Crippen molar-refractivity contribution in [1.29, 1.82) is 0 Å². The Morgan fingerprint density at radius 3 is 2.77 bits per heavy atom. The highest BCUT2D eigenvalue weighted by Gasteiger charge is 2.35. The largest absolute Gasteiger partial charge is 0.338 e. The molecule has 1 fully saturated rings. The monoisotopic (exact) mass is 421 g/mol. The summed E-state index contributed by atoms with van der Waals surface area (Å²) in [6.07, 6.45) is 4.81. The van der Waals surface area contributed by atoms with Crippen LogP contribution >= 0.6 is 15.9 Å². The zero-order chi connectivity index (χ0) is 18.7. The number of hydrogen-bond acceptors (Lipinski definition) is 3. The molecule has 1 N–H and O–H groups in total. The van der Waals surface area contributed by atoms with Gasteiger partial charge in [-0.1, -0.05) is 22.9 Å². The van der Waals surface area contributed by atoms with Crippen LogP contribution in [0.2, 0.25) is 0 Å². The Hall–Kier alpha value is -1.89. The van der Waals surface area contributed by atoms with Crippen LogP contribution in [0, 0.1) is 0 Å². The molecule has 1 unspecified atom stereocenters.